The lowest BCUT2D eigenvalue weighted by Gasteiger charge is -2.16. The van der Waals surface area contributed by atoms with E-state index in [0.717, 1.165) is 15.7 Å². The topological polar surface area (TPSA) is 62.7 Å². The standard InChI is InChI=1S/C15H15BrN2O4/c1-19-13-7-11(15-20-5-6-21-15)12(8-18-13)22-9-10-3-2-4-17-14(10)16/h2-4,7-8,15H,5-6,9H2,1H3. The van der Waals surface area contributed by atoms with Crippen LogP contribution in [-0.2, 0) is 16.1 Å². The molecule has 1 aliphatic rings. The number of halogens is 1. The highest BCUT2D eigenvalue weighted by Gasteiger charge is 2.23. The molecule has 22 heavy (non-hydrogen) atoms. The minimum atomic E-state index is -0.454. The number of rotatable bonds is 5. The Kier molecular flexibility index (Phi) is 4.87. The van der Waals surface area contributed by atoms with E-state index in [1.54, 1.807) is 25.6 Å². The molecule has 7 heteroatoms. The van der Waals surface area contributed by atoms with Gasteiger partial charge in [-0.25, -0.2) is 9.97 Å². The van der Waals surface area contributed by atoms with Gasteiger partial charge in [0.2, 0.25) is 5.88 Å². The summed E-state index contributed by atoms with van der Waals surface area (Å²) in [5, 5.41) is 0. The Bertz CT molecular complexity index is 647. The van der Waals surface area contributed by atoms with Gasteiger partial charge in [0, 0.05) is 17.8 Å². The van der Waals surface area contributed by atoms with Crippen molar-refractivity contribution in [1.82, 2.24) is 9.97 Å². The van der Waals surface area contributed by atoms with Gasteiger partial charge in [0.1, 0.15) is 17.0 Å². The molecule has 6 nitrogen and oxygen atoms in total. The van der Waals surface area contributed by atoms with Crippen LogP contribution in [0.4, 0.5) is 0 Å². The third-order valence-electron chi connectivity index (χ3n) is 3.18. The summed E-state index contributed by atoms with van der Waals surface area (Å²) < 4.78 is 22.9. The number of hydrogen-bond donors (Lipinski definition) is 0. The molecule has 0 aromatic carbocycles. The van der Waals surface area contributed by atoms with Crippen molar-refractivity contribution in [3.63, 3.8) is 0 Å². The van der Waals surface area contributed by atoms with Gasteiger partial charge in [-0.2, -0.15) is 0 Å². The van der Waals surface area contributed by atoms with E-state index >= 15 is 0 Å². The lowest BCUT2D eigenvalue weighted by atomic mass is 10.2. The molecule has 0 amide bonds. The largest absolute Gasteiger partial charge is 0.487 e. The predicted molar refractivity (Wildman–Crippen MR) is 81.7 cm³/mol. The van der Waals surface area contributed by atoms with E-state index in [1.165, 1.54) is 0 Å². The van der Waals surface area contributed by atoms with Crippen LogP contribution < -0.4 is 9.47 Å². The van der Waals surface area contributed by atoms with Crippen LogP contribution in [0.3, 0.4) is 0 Å². The molecule has 0 bridgehead atoms. The molecule has 0 atom stereocenters. The SMILES string of the molecule is COc1cc(C2OCCO2)c(OCc2cccnc2Br)cn1. The van der Waals surface area contributed by atoms with E-state index in [1.807, 2.05) is 12.1 Å². The fourth-order valence-electron chi connectivity index (χ4n) is 2.08. The van der Waals surface area contributed by atoms with Gasteiger partial charge in [-0.1, -0.05) is 6.07 Å². The van der Waals surface area contributed by atoms with Gasteiger partial charge in [0.15, 0.2) is 6.29 Å². The summed E-state index contributed by atoms with van der Waals surface area (Å²) in [5.41, 5.74) is 1.71. The van der Waals surface area contributed by atoms with E-state index < -0.39 is 6.29 Å². The van der Waals surface area contributed by atoms with Crippen LogP contribution in [0, 0.1) is 0 Å². The zero-order valence-electron chi connectivity index (χ0n) is 12.0. The first kappa shape index (κ1) is 15.2. The molecule has 2 aromatic rings. The summed E-state index contributed by atoms with van der Waals surface area (Å²) in [4.78, 5) is 8.35. The highest BCUT2D eigenvalue weighted by molar-refractivity contribution is 9.10. The number of nitrogens with zero attached hydrogens (tertiary/aromatic N) is 2. The number of hydrogen-bond acceptors (Lipinski definition) is 6. The quantitative estimate of drug-likeness (QED) is 0.758. The van der Waals surface area contributed by atoms with E-state index in [2.05, 4.69) is 25.9 Å². The van der Waals surface area contributed by atoms with Crippen molar-refractivity contribution in [3.05, 3.63) is 46.3 Å². The number of methoxy groups -OCH3 is 1. The van der Waals surface area contributed by atoms with Crippen LogP contribution in [0.1, 0.15) is 17.4 Å². The van der Waals surface area contributed by atoms with Crippen molar-refractivity contribution in [2.24, 2.45) is 0 Å². The molecule has 116 valence electrons. The number of ether oxygens (including phenoxy) is 4. The first-order valence-electron chi connectivity index (χ1n) is 6.77. The Hall–Kier alpha value is -1.70. The van der Waals surface area contributed by atoms with Crippen LogP contribution in [0.25, 0.3) is 0 Å². The highest BCUT2D eigenvalue weighted by Crippen LogP contribution is 2.33. The lowest BCUT2D eigenvalue weighted by molar-refractivity contribution is -0.0461. The van der Waals surface area contributed by atoms with Crippen molar-refractivity contribution in [2.75, 3.05) is 20.3 Å². The first-order chi connectivity index (χ1) is 10.8. The molecular weight excluding hydrogens is 352 g/mol. The Morgan fingerprint density at radius 2 is 2.14 bits per heavy atom. The third-order valence-corrected chi connectivity index (χ3v) is 3.89. The predicted octanol–water partition coefficient (Wildman–Crippen LogP) is 2.87. The molecule has 2 aromatic heterocycles. The van der Waals surface area contributed by atoms with Crippen LogP contribution in [-0.4, -0.2) is 30.3 Å². The maximum Gasteiger partial charge on any atom is 0.213 e. The summed E-state index contributed by atoms with van der Waals surface area (Å²) in [7, 11) is 1.57. The van der Waals surface area contributed by atoms with Crippen LogP contribution in [0.5, 0.6) is 11.6 Å². The maximum absolute atomic E-state index is 5.87. The second-order valence-corrected chi connectivity index (χ2v) is 5.33. The molecule has 0 spiro atoms. The van der Waals surface area contributed by atoms with E-state index in [4.69, 9.17) is 18.9 Å². The number of aromatic nitrogens is 2. The highest BCUT2D eigenvalue weighted by atomic mass is 79.9. The maximum atomic E-state index is 5.87. The zero-order chi connectivity index (χ0) is 15.4. The minimum absolute atomic E-state index is 0.363. The van der Waals surface area contributed by atoms with Gasteiger partial charge < -0.3 is 18.9 Å². The lowest BCUT2D eigenvalue weighted by Crippen LogP contribution is -2.06. The molecule has 1 saturated heterocycles. The first-order valence-corrected chi connectivity index (χ1v) is 7.56. The van der Waals surface area contributed by atoms with Gasteiger partial charge in [-0.05, 0) is 22.0 Å². The molecule has 0 radical (unpaired) electrons. The van der Waals surface area contributed by atoms with Crippen molar-refractivity contribution >= 4 is 15.9 Å². The molecule has 0 aliphatic carbocycles. The fraction of sp³-hybridized carbons (Fsp3) is 0.333. The second kappa shape index (κ2) is 7.04. The van der Waals surface area contributed by atoms with E-state index in [-0.39, 0.29) is 0 Å². The van der Waals surface area contributed by atoms with Gasteiger partial charge in [0.05, 0.1) is 32.1 Å². The Balaban J connectivity index is 1.81. The van der Waals surface area contributed by atoms with Gasteiger partial charge in [-0.3, -0.25) is 0 Å². The summed E-state index contributed by atoms with van der Waals surface area (Å²) >= 11 is 3.40. The molecule has 0 N–H and O–H groups in total. The fourth-order valence-corrected chi connectivity index (χ4v) is 2.44. The average Bonchev–Trinajstić information content (AvgIpc) is 3.08. The summed E-state index contributed by atoms with van der Waals surface area (Å²) in [6, 6.07) is 5.57. The summed E-state index contributed by atoms with van der Waals surface area (Å²) in [5.74, 6) is 1.09. The third kappa shape index (κ3) is 3.37. The average molecular weight is 367 g/mol. The molecule has 3 rings (SSSR count). The van der Waals surface area contributed by atoms with E-state index in [9.17, 15) is 0 Å². The molecule has 0 unspecified atom stereocenters. The van der Waals surface area contributed by atoms with Crippen molar-refractivity contribution in [1.29, 1.82) is 0 Å². The van der Waals surface area contributed by atoms with Gasteiger partial charge in [-0.15, -0.1) is 0 Å². The molecular formula is C15H15BrN2O4. The van der Waals surface area contributed by atoms with Crippen molar-refractivity contribution in [3.8, 4) is 11.6 Å². The van der Waals surface area contributed by atoms with Gasteiger partial charge in [0.25, 0.3) is 0 Å². The monoisotopic (exact) mass is 366 g/mol. The molecule has 0 saturated carbocycles. The minimum Gasteiger partial charge on any atom is -0.487 e. The summed E-state index contributed by atoms with van der Waals surface area (Å²) in [6.45, 7) is 1.48. The van der Waals surface area contributed by atoms with Crippen LogP contribution in [0.2, 0.25) is 0 Å². The van der Waals surface area contributed by atoms with Crippen LogP contribution in [0.15, 0.2) is 35.2 Å². The Labute approximate surface area is 136 Å². The Morgan fingerprint density at radius 1 is 1.32 bits per heavy atom. The normalized spacial score (nSPS) is 15.0. The van der Waals surface area contributed by atoms with E-state index in [0.29, 0.717) is 31.5 Å². The van der Waals surface area contributed by atoms with Crippen molar-refractivity contribution in [2.45, 2.75) is 12.9 Å². The smallest absolute Gasteiger partial charge is 0.213 e. The molecule has 3 heterocycles. The second-order valence-electron chi connectivity index (χ2n) is 4.58. The molecule has 1 fully saturated rings. The Morgan fingerprint density at radius 3 is 2.86 bits per heavy atom. The zero-order valence-corrected chi connectivity index (χ0v) is 13.6. The van der Waals surface area contributed by atoms with Crippen LogP contribution >= 0.6 is 15.9 Å². The van der Waals surface area contributed by atoms with Gasteiger partial charge >= 0.3 is 0 Å². The summed E-state index contributed by atoms with van der Waals surface area (Å²) in [6.07, 6.45) is 2.88. The molecule has 1 aliphatic heterocycles. The van der Waals surface area contributed by atoms with Crippen molar-refractivity contribution < 1.29 is 18.9 Å². The number of pyridine rings is 2.